The average Bonchev–Trinajstić information content (AvgIpc) is 2.78. The van der Waals surface area contributed by atoms with Gasteiger partial charge in [0.25, 0.3) is 0 Å². The van der Waals surface area contributed by atoms with Crippen LogP contribution in [0.4, 0.5) is 5.69 Å². The van der Waals surface area contributed by atoms with Gasteiger partial charge in [-0.2, -0.15) is 0 Å². The Morgan fingerprint density at radius 3 is 2.61 bits per heavy atom. The largest absolute Gasteiger partial charge is 0.494 e. The molecule has 33 heavy (non-hydrogen) atoms. The summed E-state index contributed by atoms with van der Waals surface area (Å²) in [5.41, 5.74) is 1.97. The predicted octanol–water partition coefficient (Wildman–Crippen LogP) is 5.03. The van der Waals surface area contributed by atoms with Gasteiger partial charge in [0.05, 0.1) is 22.4 Å². The van der Waals surface area contributed by atoms with E-state index in [-0.39, 0.29) is 12.3 Å². The quantitative estimate of drug-likeness (QED) is 0.389. The third-order valence-corrected chi connectivity index (χ3v) is 7.84. The molecular formula is C24H33Cl2N3O3S. The van der Waals surface area contributed by atoms with Crippen LogP contribution in [0.3, 0.4) is 0 Å². The number of likely N-dealkylation sites (tertiary alicyclic amines) is 1. The SMILES string of the molecule is CC1CCN(Cc2cccc(OCCCNS(=O)(=O)CCNc3ccc(Cl)c(Cl)c3)c2)CC1. The van der Waals surface area contributed by atoms with Crippen LogP contribution < -0.4 is 14.8 Å². The molecule has 182 valence electrons. The number of nitrogens with one attached hydrogen (secondary N) is 2. The van der Waals surface area contributed by atoms with Crippen LogP contribution in [-0.4, -0.2) is 51.9 Å². The fraction of sp³-hybridized carbons (Fsp3) is 0.500. The van der Waals surface area contributed by atoms with Gasteiger partial charge in [-0.15, -0.1) is 0 Å². The first-order valence-corrected chi connectivity index (χ1v) is 13.8. The van der Waals surface area contributed by atoms with E-state index in [1.165, 1.54) is 18.4 Å². The van der Waals surface area contributed by atoms with Gasteiger partial charge in [0, 0.05) is 25.3 Å². The first-order valence-electron chi connectivity index (χ1n) is 11.4. The van der Waals surface area contributed by atoms with Crippen molar-refractivity contribution in [1.82, 2.24) is 9.62 Å². The molecule has 0 atom stereocenters. The lowest BCUT2D eigenvalue weighted by molar-refractivity contribution is 0.185. The van der Waals surface area contributed by atoms with Crippen molar-refractivity contribution in [3.63, 3.8) is 0 Å². The average molecular weight is 515 g/mol. The van der Waals surface area contributed by atoms with Crippen LogP contribution in [0.15, 0.2) is 42.5 Å². The van der Waals surface area contributed by atoms with Crippen LogP contribution in [0.5, 0.6) is 5.75 Å². The number of benzene rings is 2. The lowest BCUT2D eigenvalue weighted by Crippen LogP contribution is -2.32. The van der Waals surface area contributed by atoms with E-state index in [9.17, 15) is 8.42 Å². The van der Waals surface area contributed by atoms with E-state index in [0.29, 0.717) is 29.6 Å². The highest BCUT2D eigenvalue weighted by Crippen LogP contribution is 2.25. The molecule has 0 saturated carbocycles. The summed E-state index contributed by atoms with van der Waals surface area (Å²) >= 11 is 11.8. The number of nitrogens with zero attached hydrogens (tertiary/aromatic N) is 1. The van der Waals surface area contributed by atoms with Gasteiger partial charge in [-0.3, -0.25) is 4.90 Å². The molecule has 2 N–H and O–H groups in total. The Labute approximate surface area is 207 Å². The maximum atomic E-state index is 12.2. The first-order chi connectivity index (χ1) is 15.8. The van der Waals surface area contributed by atoms with E-state index in [1.54, 1.807) is 18.2 Å². The fourth-order valence-electron chi connectivity index (χ4n) is 3.71. The number of hydrogen-bond acceptors (Lipinski definition) is 5. The summed E-state index contributed by atoms with van der Waals surface area (Å²) in [7, 11) is -3.37. The minimum atomic E-state index is -3.37. The Kier molecular flexibility index (Phi) is 10.1. The summed E-state index contributed by atoms with van der Waals surface area (Å²) in [6.07, 6.45) is 3.11. The van der Waals surface area contributed by atoms with E-state index in [2.05, 4.69) is 34.0 Å². The van der Waals surface area contributed by atoms with Gasteiger partial charge in [0.2, 0.25) is 10.0 Å². The predicted molar refractivity (Wildman–Crippen MR) is 137 cm³/mol. The summed E-state index contributed by atoms with van der Waals surface area (Å²) in [4.78, 5) is 2.49. The normalized spacial score (nSPS) is 15.5. The first kappa shape index (κ1) is 26.1. The van der Waals surface area contributed by atoms with Crippen molar-refractivity contribution in [3.05, 3.63) is 58.1 Å². The van der Waals surface area contributed by atoms with Crippen molar-refractivity contribution in [2.24, 2.45) is 5.92 Å². The third-order valence-electron chi connectivity index (χ3n) is 5.71. The Balaban J connectivity index is 1.32. The molecule has 9 heteroatoms. The molecule has 1 aliphatic heterocycles. The maximum Gasteiger partial charge on any atom is 0.213 e. The molecular weight excluding hydrogens is 481 g/mol. The molecule has 0 amide bonds. The van der Waals surface area contributed by atoms with Gasteiger partial charge in [0.15, 0.2) is 0 Å². The molecule has 0 radical (unpaired) electrons. The number of sulfonamides is 1. The van der Waals surface area contributed by atoms with Gasteiger partial charge < -0.3 is 10.1 Å². The summed E-state index contributed by atoms with van der Waals surface area (Å²) in [6, 6.07) is 13.3. The zero-order valence-electron chi connectivity index (χ0n) is 19.0. The monoisotopic (exact) mass is 513 g/mol. The third kappa shape index (κ3) is 9.33. The fourth-order valence-corrected chi connectivity index (χ4v) is 4.98. The van der Waals surface area contributed by atoms with Crippen LogP contribution in [0, 0.1) is 5.92 Å². The zero-order valence-corrected chi connectivity index (χ0v) is 21.4. The second-order valence-electron chi connectivity index (χ2n) is 8.58. The lowest BCUT2D eigenvalue weighted by Gasteiger charge is -2.30. The number of anilines is 1. The molecule has 1 aliphatic rings. The van der Waals surface area contributed by atoms with Crippen LogP contribution >= 0.6 is 23.2 Å². The molecule has 3 rings (SSSR count). The van der Waals surface area contributed by atoms with Crippen molar-refractivity contribution in [1.29, 1.82) is 0 Å². The highest BCUT2D eigenvalue weighted by molar-refractivity contribution is 7.89. The second kappa shape index (κ2) is 12.8. The van der Waals surface area contributed by atoms with Crippen molar-refractivity contribution in [3.8, 4) is 5.75 Å². The standard InChI is InChI=1S/C24H33Cl2N3O3S/c1-19-8-12-29(13-9-19)18-20-4-2-5-22(16-20)32-14-3-10-28-33(30,31)15-11-27-21-6-7-23(25)24(26)17-21/h2,4-7,16-17,19,27-28H,3,8-15,18H2,1H3. The Morgan fingerprint density at radius 2 is 1.85 bits per heavy atom. The summed E-state index contributed by atoms with van der Waals surface area (Å²) in [5, 5.41) is 3.92. The molecule has 0 aliphatic carbocycles. The molecule has 0 bridgehead atoms. The number of halogens is 2. The van der Waals surface area contributed by atoms with Gasteiger partial charge in [0.1, 0.15) is 5.75 Å². The van der Waals surface area contributed by atoms with Crippen LogP contribution in [-0.2, 0) is 16.6 Å². The molecule has 1 fully saturated rings. The molecule has 0 aromatic heterocycles. The smallest absolute Gasteiger partial charge is 0.213 e. The van der Waals surface area contributed by atoms with E-state index in [1.807, 2.05) is 12.1 Å². The van der Waals surface area contributed by atoms with Crippen molar-refractivity contribution in [2.45, 2.75) is 32.7 Å². The van der Waals surface area contributed by atoms with Crippen LogP contribution in [0.1, 0.15) is 31.7 Å². The summed E-state index contributed by atoms with van der Waals surface area (Å²) < 4.78 is 32.8. The van der Waals surface area contributed by atoms with Crippen LogP contribution in [0.25, 0.3) is 0 Å². The van der Waals surface area contributed by atoms with Gasteiger partial charge in [-0.1, -0.05) is 42.3 Å². The number of ether oxygens (including phenoxy) is 1. The zero-order chi connectivity index (χ0) is 23.7. The number of piperidine rings is 1. The van der Waals surface area contributed by atoms with E-state index in [0.717, 1.165) is 37.0 Å². The Hall–Kier alpha value is -1.51. The number of rotatable bonds is 12. The summed E-state index contributed by atoms with van der Waals surface area (Å²) in [5.74, 6) is 1.62. The van der Waals surface area contributed by atoms with Crippen molar-refractivity contribution < 1.29 is 13.2 Å². The molecule has 6 nitrogen and oxygen atoms in total. The minimum absolute atomic E-state index is 0.0363. The highest BCUT2D eigenvalue weighted by atomic mass is 35.5. The molecule has 2 aromatic carbocycles. The van der Waals surface area contributed by atoms with Gasteiger partial charge >= 0.3 is 0 Å². The van der Waals surface area contributed by atoms with Crippen LogP contribution in [0.2, 0.25) is 10.0 Å². The molecule has 0 unspecified atom stereocenters. The van der Waals surface area contributed by atoms with Gasteiger partial charge in [-0.05, 0) is 74.2 Å². The van der Waals surface area contributed by atoms with E-state index >= 15 is 0 Å². The number of hydrogen-bond donors (Lipinski definition) is 2. The molecule has 1 heterocycles. The van der Waals surface area contributed by atoms with E-state index < -0.39 is 10.0 Å². The lowest BCUT2D eigenvalue weighted by atomic mass is 9.99. The summed E-state index contributed by atoms with van der Waals surface area (Å²) in [6.45, 7) is 6.62. The topological polar surface area (TPSA) is 70.7 Å². The maximum absolute atomic E-state index is 12.2. The van der Waals surface area contributed by atoms with Crippen molar-refractivity contribution in [2.75, 3.05) is 43.9 Å². The highest BCUT2D eigenvalue weighted by Gasteiger charge is 2.15. The minimum Gasteiger partial charge on any atom is -0.494 e. The van der Waals surface area contributed by atoms with E-state index in [4.69, 9.17) is 27.9 Å². The van der Waals surface area contributed by atoms with Crippen molar-refractivity contribution >= 4 is 38.9 Å². The Morgan fingerprint density at radius 1 is 1.06 bits per heavy atom. The Bertz CT molecular complexity index is 996. The molecule has 1 saturated heterocycles. The molecule has 2 aromatic rings. The molecule has 0 spiro atoms. The van der Waals surface area contributed by atoms with Gasteiger partial charge in [-0.25, -0.2) is 13.1 Å². The second-order valence-corrected chi connectivity index (χ2v) is 11.3.